The smallest absolute Gasteiger partial charge is 0.197 e. The molecule has 0 aliphatic carbocycles. The number of aromatic nitrogens is 1. The van der Waals surface area contributed by atoms with Crippen LogP contribution in [0.5, 0.6) is 0 Å². The van der Waals surface area contributed by atoms with Gasteiger partial charge in [-0.15, -0.1) is 11.3 Å². The molecule has 1 atom stereocenters. The van der Waals surface area contributed by atoms with Gasteiger partial charge in [0.2, 0.25) is 0 Å². The van der Waals surface area contributed by atoms with Crippen LogP contribution in [0.3, 0.4) is 0 Å². The number of hydrogen-bond acceptors (Lipinski definition) is 4. The van der Waals surface area contributed by atoms with Crippen LogP contribution in [0.1, 0.15) is 22.4 Å². The largest absolute Gasteiger partial charge is 0.441 e. The fourth-order valence-corrected chi connectivity index (χ4v) is 3.33. The zero-order chi connectivity index (χ0) is 13.4. The van der Waals surface area contributed by atoms with Gasteiger partial charge in [0.15, 0.2) is 11.5 Å². The van der Waals surface area contributed by atoms with Gasteiger partial charge >= 0.3 is 0 Å². The SMILES string of the molecule is Cc1csc(C(N)Cc2nc3ccccc3o2)c1Cl. The van der Waals surface area contributed by atoms with Crippen LogP contribution >= 0.6 is 22.9 Å². The molecule has 0 aliphatic rings. The number of rotatable bonds is 3. The molecule has 0 saturated carbocycles. The first-order valence-electron chi connectivity index (χ1n) is 5.98. The lowest BCUT2D eigenvalue weighted by atomic mass is 10.1. The Labute approximate surface area is 120 Å². The highest BCUT2D eigenvalue weighted by molar-refractivity contribution is 7.10. The van der Waals surface area contributed by atoms with Gasteiger partial charge in [0, 0.05) is 17.3 Å². The van der Waals surface area contributed by atoms with Gasteiger partial charge in [0.05, 0.1) is 5.02 Å². The monoisotopic (exact) mass is 292 g/mol. The predicted molar refractivity (Wildman–Crippen MR) is 78.7 cm³/mol. The zero-order valence-electron chi connectivity index (χ0n) is 10.4. The summed E-state index contributed by atoms with van der Waals surface area (Å²) in [6, 6.07) is 7.51. The second kappa shape index (κ2) is 4.96. The molecule has 0 bridgehead atoms. The van der Waals surface area contributed by atoms with Crippen molar-refractivity contribution >= 4 is 34.0 Å². The summed E-state index contributed by atoms with van der Waals surface area (Å²) in [6.07, 6.45) is 0.550. The van der Waals surface area contributed by atoms with Gasteiger partial charge in [-0.1, -0.05) is 23.7 Å². The van der Waals surface area contributed by atoms with Crippen molar-refractivity contribution in [3.63, 3.8) is 0 Å². The minimum absolute atomic E-state index is 0.181. The van der Waals surface area contributed by atoms with Crippen LogP contribution in [-0.2, 0) is 6.42 Å². The molecule has 2 heterocycles. The average molecular weight is 293 g/mol. The molecule has 3 nitrogen and oxygen atoms in total. The summed E-state index contributed by atoms with van der Waals surface area (Å²) < 4.78 is 5.68. The van der Waals surface area contributed by atoms with Gasteiger partial charge in [-0.3, -0.25) is 0 Å². The number of para-hydroxylation sites is 2. The van der Waals surface area contributed by atoms with E-state index in [1.54, 1.807) is 11.3 Å². The number of halogens is 1. The molecule has 0 fully saturated rings. The molecule has 0 aliphatic heterocycles. The van der Waals surface area contributed by atoms with Crippen molar-refractivity contribution in [1.82, 2.24) is 4.98 Å². The first-order chi connectivity index (χ1) is 9.15. The Morgan fingerprint density at radius 1 is 1.42 bits per heavy atom. The van der Waals surface area contributed by atoms with Gasteiger partial charge in [-0.2, -0.15) is 0 Å². The van der Waals surface area contributed by atoms with E-state index in [2.05, 4.69) is 4.98 Å². The number of nitrogens with zero attached hydrogens (tertiary/aromatic N) is 1. The molecule has 0 saturated heterocycles. The molecule has 3 aromatic rings. The summed E-state index contributed by atoms with van der Waals surface area (Å²) >= 11 is 7.81. The van der Waals surface area contributed by atoms with E-state index in [0.29, 0.717) is 12.3 Å². The van der Waals surface area contributed by atoms with Gasteiger partial charge in [0.25, 0.3) is 0 Å². The molecule has 0 radical (unpaired) electrons. The Balaban J connectivity index is 1.86. The maximum Gasteiger partial charge on any atom is 0.197 e. The van der Waals surface area contributed by atoms with Crippen LogP contribution < -0.4 is 5.73 Å². The molecule has 3 rings (SSSR count). The number of nitrogens with two attached hydrogens (primary N) is 1. The molecule has 1 aromatic carbocycles. The van der Waals surface area contributed by atoms with E-state index in [9.17, 15) is 0 Å². The van der Waals surface area contributed by atoms with E-state index >= 15 is 0 Å². The van der Waals surface area contributed by atoms with Crippen molar-refractivity contribution in [2.75, 3.05) is 0 Å². The summed E-state index contributed by atoms with van der Waals surface area (Å²) in [4.78, 5) is 5.42. The second-order valence-corrected chi connectivity index (χ2v) is 5.77. The van der Waals surface area contributed by atoms with Gasteiger partial charge in [-0.05, 0) is 30.0 Å². The van der Waals surface area contributed by atoms with Gasteiger partial charge in [0.1, 0.15) is 5.52 Å². The van der Waals surface area contributed by atoms with E-state index in [4.69, 9.17) is 21.8 Å². The molecule has 19 heavy (non-hydrogen) atoms. The molecule has 2 N–H and O–H groups in total. The highest BCUT2D eigenvalue weighted by atomic mass is 35.5. The second-order valence-electron chi connectivity index (χ2n) is 4.48. The summed E-state index contributed by atoms with van der Waals surface area (Å²) in [7, 11) is 0. The van der Waals surface area contributed by atoms with Crippen molar-refractivity contribution in [2.45, 2.75) is 19.4 Å². The van der Waals surface area contributed by atoms with Crippen LogP contribution in [0, 0.1) is 6.92 Å². The topological polar surface area (TPSA) is 52.0 Å². The molecule has 1 unspecified atom stereocenters. The highest BCUT2D eigenvalue weighted by Gasteiger charge is 2.17. The highest BCUT2D eigenvalue weighted by Crippen LogP contribution is 2.33. The fraction of sp³-hybridized carbons (Fsp3) is 0.214. The van der Waals surface area contributed by atoms with Crippen molar-refractivity contribution < 1.29 is 4.42 Å². The van der Waals surface area contributed by atoms with E-state index in [-0.39, 0.29) is 6.04 Å². The molecular weight excluding hydrogens is 280 g/mol. The minimum Gasteiger partial charge on any atom is -0.441 e. The lowest BCUT2D eigenvalue weighted by molar-refractivity contribution is 0.504. The van der Waals surface area contributed by atoms with E-state index in [0.717, 1.165) is 26.6 Å². The Bertz CT molecular complexity index is 686. The lowest BCUT2D eigenvalue weighted by Gasteiger charge is -2.07. The van der Waals surface area contributed by atoms with Crippen molar-refractivity contribution in [3.05, 3.63) is 51.0 Å². The molecular formula is C14H13ClN2OS. The van der Waals surface area contributed by atoms with Gasteiger partial charge in [-0.25, -0.2) is 4.98 Å². The van der Waals surface area contributed by atoms with Crippen molar-refractivity contribution in [2.24, 2.45) is 5.73 Å². The Hall–Kier alpha value is -1.36. The van der Waals surface area contributed by atoms with Crippen LogP contribution in [0.4, 0.5) is 0 Å². The summed E-state index contributed by atoms with van der Waals surface area (Å²) in [6.45, 7) is 1.98. The maximum absolute atomic E-state index is 6.23. The molecule has 2 aromatic heterocycles. The number of oxazole rings is 1. The van der Waals surface area contributed by atoms with Crippen molar-refractivity contribution in [1.29, 1.82) is 0 Å². The van der Waals surface area contributed by atoms with Crippen LogP contribution in [0.2, 0.25) is 5.02 Å². The third-order valence-corrected chi connectivity index (χ3v) is 4.84. The zero-order valence-corrected chi connectivity index (χ0v) is 12.0. The minimum atomic E-state index is -0.181. The number of fused-ring (bicyclic) bond motifs is 1. The summed E-state index contributed by atoms with van der Waals surface area (Å²) in [5.74, 6) is 0.649. The summed E-state index contributed by atoms with van der Waals surface area (Å²) in [5, 5.41) is 2.78. The average Bonchev–Trinajstić information content (AvgIpc) is 2.93. The number of aryl methyl sites for hydroxylation is 1. The summed E-state index contributed by atoms with van der Waals surface area (Å²) in [5.41, 5.74) is 8.90. The number of hydrogen-bond donors (Lipinski definition) is 1. The quantitative estimate of drug-likeness (QED) is 0.791. The van der Waals surface area contributed by atoms with E-state index in [1.807, 2.05) is 36.6 Å². The third-order valence-electron chi connectivity index (χ3n) is 2.99. The van der Waals surface area contributed by atoms with Gasteiger partial charge < -0.3 is 10.2 Å². The van der Waals surface area contributed by atoms with Crippen LogP contribution in [-0.4, -0.2) is 4.98 Å². The van der Waals surface area contributed by atoms with E-state index < -0.39 is 0 Å². The standard InChI is InChI=1S/C14H13ClN2OS/c1-8-7-19-14(13(8)15)9(16)6-12-17-10-4-2-3-5-11(10)18-12/h2-5,7,9H,6,16H2,1H3. The first kappa shape index (κ1) is 12.7. The van der Waals surface area contributed by atoms with Crippen molar-refractivity contribution in [3.8, 4) is 0 Å². The fourth-order valence-electron chi connectivity index (χ4n) is 1.99. The lowest BCUT2D eigenvalue weighted by Crippen LogP contribution is -2.12. The normalized spacial score (nSPS) is 13.0. The van der Waals surface area contributed by atoms with Crippen LogP contribution in [0.15, 0.2) is 34.1 Å². The first-order valence-corrected chi connectivity index (χ1v) is 7.24. The Morgan fingerprint density at radius 3 is 2.89 bits per heavy atom. The molecule has 0 amide bonds. The third kappa shape index (κ3) is 2.39. The maximum atomic E-state index is 6.23. The number of benzene rings is 1. The van der Waals surface area contributed by atoms with E-state index in [1.165, 1.54) is 0 Å². The van der Waals surface area contributed by atoms with Crippen LogP contribution in [0.25, 0.3) is 11.1 Å². The Kier molecular flexibility index (Phi) is 3.31. The molecule has 98 valence electrons. The predicted octanol–water partition coefficient (Wildman–Crippen LogP) is 4.09. The number of thiophene rings is 1. The molecule has 0 spiro atoms. The molecule has 5 heteroatoms. The Morgan fingerprint density at radius 2 is 2.21 bits per heavy atom.